The minimum Gasteiger partial charge on any atom is -0.287 e. The van der Waals surface area contributed by atoms with Crippen LogP contribution in [0.5, 0.6) is 0 Å². The molecular weight excluding hydrogens is 218 g/mol. The van der Waals surface area contributed by atoms with E-state index >= 15 is 0 Å². The van der Waals surface area contributed by atoms with Gasteiger partial charge in [0.15, 0.2) is 0 Å². The third-order valence-electron chi connectivity index (χ3n) is 2.38. The van der Waals surface area contributed by atoms with E-state index in [-0.39, 0.29) is 0 Å². The zero-order valence-electron chi connectivity index (χ0n) is 8.47. The number of fused-ring (bicyclic) bond motifs is 1. The molecule has 4 heteroatoms. The van der Waals surface area contributed by atoms with E-state index in [2.05, 4.69) is 16.0 Å². The Kier molecular flexibility index (Phi) is 2.08. The molecule has 1 aromatic carbocycles. The number of thiazole rings is 1. The molecular formula is C12H10N3S+. The monoisotopic (exact) mass is 228 g/mol. The Balaban J connectivity index is 2.15. The van der Waals surface area contributed by atoms with E-state index in [0.29, 0.717) is 5.82 Å². The van der Waals surface area contributed by atoms with Crippen molar-refractivity contribution in [2.24, 2.45) is 0 Å². The third kappa shape index (κ3) is 1.53. The highest BCUT2D eigenvalue weighted by Gasteiger charge is 2.06. The topological polar surface area (TPSA) is 53.0 Å². The van der Waals surface area contributed by atoms with Crippen molar-refractivity contribution in [1.29, 1.82) is 0 Å². The predicted molar refractivity (Wildman–Crippen MR) is 66.0 cm³/mol. The van der Waals surface area contributed by atoms with Gasteiger partial charge >= 0.3 is 0 Å². The lowest BCUT2D eigenvalue weighted by Gasteiger charge is -1.91. The third-order valence-corrected chi connectivity index (χ3v) is 3.46. The molecule has 0 amide bonds. The van der Waals surface area contributed by atoms with Crippen LogP contribution in [0, 0.1) is 0 Å². The number of H-pyrrole nitrogens is 1. The molecule has 0 bridgehead atoms. The molecule has 0 aliphatic rings. The second-order valence-electron chi connectivity index (χ2n) is 3.52. The van der Waals surface area contributed by atoms with Gasteiger partial charge in [0.2, 0.25) is 0 Å². The summed E-state index contributed by atoms with van der Waals surface area (Å²) in [5, 5.41) is 1.01. The number of rotatable bonds is 1. The highest BCUT2D eigenvalue weighted by molar-refractivity contribution is 7.21. The van der Waals surface area contributed by atoms with Crippen molar-refractivity contribution < 1.29 is 4.98 Å². The van der Waals surface area contributed by atoms with Gasteiger partial charge in [0.25, 0.3) is 5.82 Å². The number of nitrogens with two attached hydrogens (primary N) is 1. The first kappa shape index (κ1) is 9.30. The van der Waals surface area contributed by atoms with Crippen molar-refractivity contribution in [1.82, 2.24) is 4.98 Å². The molecule has 2 heterocycles. The van der Waals surface area contributed by atoms with Crippen LogP contribution in [0.3, 0.4) is 0 Å². The van der Waals surface area contributed by atoms with Gasteiger partial charge in [-0.1, -0.05) is 12.1 Å². The quantitative estimate of drug-likeness (QED) is 0.695. The molecule has 2 aromatic heterocycles. The molecule has 0 aliphatic heterocycles. The van der Waals surface area contributed by atoms with Gasteiger partial charge in [0.05, 0.1) is 16.4 Å². The SMILES string of the molecule is Nc1ccc(-c2nc3ccccc3s2)c[nH+]1. The van der Waals surface area contributed by atoms with E-state index in [1.807, 2.05) is 36.5 Å². The van der Waals surface area contributed by atoms with Crippen molar-refractivity contribution in [2.75, 3.05) is 5.73 Å². The summed E-state index contributed by atoms with van der Waals surface area (Å²) in [6.45, 7) is 0. The fraction of sp³-hybridized carbons (Fsp3) is 0. The Labute approximate surface area is 96.6 Å². The predicted octanol–water partition coefficient (Wildman–Crippen LogP) is 2.36. The average Bonchev–Trinajstić information content (AvgIpc) is 2.73. The van der Waals surface area contributed by atoms with Crippen molar-refractivity contribution in [3.63, 3.8) is 0 Å². The average molecular weight is 228 g/mol. The smallest absolute Gasteiger partial charge is 0.270 e. The lowest BCUT2D eigenvalue weighted by Crippen LogP contribution is -2.08. The lowest BCUT2D eigenvalue weighted by molar-refractivity contribution is -0.359. The van der Waals surface area contributed by atoms with Crippen LogP contribution in [0.4, 0.5) is 5.82 Å². The first-order valence-corrected chi connectivity index (χ1v) is 5.78. The van der Waals surface area contributed by atoms with Crippen molar-refractivity contribution in [2.45, 2.75) is 0 Å². The molecule has 0 spiro atoms. The number of hydrogen-bond donors (Lipinski definition) is 1. The summed E-state index contributed by atoms with van der Waals surface area (Å²) in [6, 6.07) is 12.0. The van der Waals surface area contributed by atoms with Crippen LogP contribution >= 0.6 is 11.3 Å². The molecule has 16 heavy (non-hydrogen) atoms. The molecule has 0 unspecified atom stereocenters. The van der Waals surface area contributed by atoms with E-state index in [0.717, 1.165) is 16.1 Å². The number of benzene rings is 1. The number of pyridine rings is 1. The summed E-state index contributed by atoms with van der Waals surface area (Å²) >= 11 is 1.68. The van der Waals surface area contributed by atoms with Gasteiger partial charge in [-0.25, -0.2) is 9.97 Å². The Hall–Kier alpha value is -1.94. The minimum absolute atomic E-state index is 0.657. The van der Waals surface area contributed by atoms with E-state index in [4.69, 9.17) is 5.73 Å². The second-order valence-corrected chi connectivity index (χ2v) is 4.55. The van der Waals surface area contributed by atoms with Crippen molar-refractivity contribution in [3.8, 4) is 10.6 Å². The van der Waals surface area contributed by atoms with E-state index in [9.17, 15) is 0 Å². The Morgan fingerprint density at radius 2 is 2.00 bits per heavy atom. The van der Waals surface area contributed by atoms with E-state index < -0.39 is 0 Å². The van der Waals surface area contributed by atoms with Crippen LogP contribution in [0.25, 0.3) is 20.8 Å². The molecule has 0 saturated heterocycles. The number of nitrogen functional groups attached to an aromatic ring is 1. The number of hydrogen-bond acceptors (Lipinski definition) is 3. The molecule has 3 rings (SSSR count). The van der Waals surface area contributed by atoms with Crippen molar-refractivity contribution >= 4 is 27.4 Å². The van der Waals surface area contributed by atoms with Gasteiger partial charge in [-0.3, -0.25) is 5.73 Å². The molecule has 78 valence electrons. The molecule has 0 aliphatic carbocycles. The number of nitrogens with one attached hydrogen (secondary N) is 1. The summed E-state index contributed by atoms with van der Waals surface area (Å²) in [5.41, 5.74) is 7.71. The summed E-state index contributed by atoms with van der Waals surface area (Å²) in [4.78, 5) is 7.56. The van der Waals surface area contributed by atoms with Crippen LogP contribution in [0.2, 0.25) is 0 Å². The van der Waals surface area contributed by atoms with Gasteiger partial charge in [0.1, 0.15) is 5.01 Å². The van der Waals surface area contributed by atoms with E-state index in [1.165, 1.54) is 4.70 Å². The zero-order chi connectivity index (χ0) is 11.0. The summed E-state index contributed by atoms with van der Waals surface area (Å²) in [7, 11) is 0. The number of para-hydroxylation sites is 1. The van der Waals surface area contributed by atoms with Gasteiger partial charge in [0, 0.05) is 11.6 Å². The minimum atomic E-state index is 0.657. The maximum atomic E-state index is 5.61. The summed E-state index contributed by atoms with van der Waals surface area (Å²) < 4.78 is 1.20. The molecule has 0 saturated carbocycles. The zero-order valence-corrected chi connectivity index (χ0v) is 9.29. The highest BCUT2D eigenvalue weighted by atomic mass is 32.1. The second kappa shape index (κ2) is 3.57. The van der Waals surface area contributed by atoms with Gasteiger partial charge < -0.3 is 0 Å². The van der Waals surface area contributed by atoms with Crippen LogP contribution in [0.15, 0.2) is 42.6 Å². The number of aromatic nitrogens is 2. The molecule has 3 nitrogen and oxygen atoms in total. The first-order chi connectivity index (χ1) is 7.83. The fourth-order valence-electron chi connectivity index (χ4n) is 1.57. The van der Waals surface area contributed by atoms with Crippen molar-refractivity contribution in [3.05, 3.63) is 42.6 Å². The Bertz CT molecular complexity index is 595. The maximum absolute atomic E-state index is 5.61. The van der Waals surface area contributed by atoms with Crippen LogP contribution < -0.4 is 10.7 Å². The van der Waals surface area contributed by atoms with Gasteiger partial charge in [-0.2, -0.15) is 0 Å². The molecule has 3 N–H and O–H groups in total. The fourth-order valence-corrected chi connectivity index (χ4v) is 2.53. The Morgan fingerprint density at radius 3 is 2.75 bits per heavy atom. The van der Waals surface area contributed by atoms with Crippen LogP contribution in [-0.2, 0) is 0 Å². The summed E-state index contributed by atoms with van der Waals surface area (Å²) in [6.07, 6.45) is 1.88. The van der Waals surface area contributed by atoms with Crippen LogP contribution in [0.1, 0.15) is 0 Å². The lowest BCUT2D eigenvalue weighted by atomic mass is 10.3. The van der Waals surface area contributed by atoms with Crippen LogP contribution in [-0.4, -0.2) is 4.98 Å². The molecule has 0 radical (unpaired) electrons. The first-order valence-electron chi connectivity index (χ1n) is 4.96. The van der Waals surface area contributed by atoms with Gasteiger partial charge in [-0.05, 0) is 18.2 Å². The normalized spacial score (nSPS) is 10.8. The largest absolute Gasteiger partial charge is 0.287 e. The number of aromatic amines is 1. The number of anilines is 1. The van der Waals surface area contributed by atoms with E-state index in [1.54, 1.807) is 11.3 Å². The standard InChI is InChI=1S/C12H9N3S/c13-11-6-5-8(7-14-11)12-15-9-3-1-2-4-10(9)16-12/h1-7H,(H2,13,14)/p+1. The van der Waals surface area contributed by atoms with Gasteiger partial charge in [-0.15, -0.1) is 11.3 Å². The molecule has 0 fully saturated rings. The Morgan fingerprint density at radius 1 is 1.12 bits per heavy atom. The summed E-state index contributed by atoms with van der Waals surface area (Å²) in [5.74, 6) is 0.657. The highest BCUT2D eigenvalue weighted by Crippen LogP contribution is 2.28. The number of nitrogens with zero attached hydrogens (tertiary/aromatic N) is 1. The maximum Gasteiger partial charge on any atom is 0.270 e. The molecule has 0 atom stereocenters. The molecule has 3 aromatic rings.